The number of likely N-dealkylation sites (N-methyl/N-ethyl adjacent to an activating group) is 1. The van der Waals surface area contributed by atoms with E-state index in [0.29, 0.717) is 11.1 Å². The molecule has 1 aliphatic heterocycles. The number of carbonyl (C=O) groups excluding carboxylic acids is 1. The van der Waals surface area contributed by atoms with E-state index in [-0.39, 0.29) is 11.7 Å². The van der Waals surface area contributed by atoms with Gasteiger partial charge in [-0.1, -0.05) is 34.1 Å². The maximum Gasteiger partial charge on any atom is 0.387 e. The maximum absolute atomic E-state index is 12.5. The number of alkyl halides is 2. The van der Waals surface area contributed by atoms with Gasteiger partial charge in [-0.05, 0) is 30.3 Å². The van der Waals surface area contributed by atoms with E-state index in [9.17, 15) is 13.6 Å². The number of rotatable bonds is 3. The normalized spacial score (nSPS) is 15.4. The van der Waals surface area contributed by atoms with Gasteiger partial charge < -0.3 is 9.64 Å². The molecule has 1 amide bonds. The Balaban J connectivity index is 2.11. The van der Waals surface area contributed by atoms with Crippen molar-refractivity contribution in [2.45, 2.75) is 6.61 Å². The van der Waals surface area contributed by atoms with E-state index >= 15 is 0 Å². The second kappa shape index (κ2) is 6.12. The Morgan fingerprint density at radius 1 is 1.22 bits per heavy atom. The molecule has 118 valence electrons. The van der Waals surface area contributed by atoms with E-state index < -0.39 is 6.61 Å². The molecule has 2 aromatic carbocycles. The standard InChI is InChI=1S/C17H12BrF2NO2/c1-21-14-7-6-11(18)9-12(14)13(16(21)22)8-10-4-2-3-5-15(10)23-17(19)20/h2-9,17H,1H3. The fourth-order valence-corrected chi connectivity index (χ4v) is 2.88. The summed E-state index contributed by atoms with van der Waals surface area (Å²) in [6.45, 7) is -2.92. The molecule has 3 rings (SSSR count). The minimum atomic E-state index is -2.92. The summed E-state index contributed by atoms with van der Waals surface area (Å²) in [4.78, 5) is 14.0. The van der Waals surface area contributed by atoms with Gasteiger partial charge in [-0.15, -0.1) is 0 Å². The topological polar surface area (TPSA) is 29.5 Å². The average molecular weight is 380 g/mol. The Labute approximate surface area is 140 Å². The predicted octanol–water partition coefficient (Wildman–Crippen LogP) is 4.57. The zero-order valence-corrected chi connectivity index (χ0v) is 13.7. The van der Waals surface area contributed by atoms with Gasteiger partial charge in [0.15, 0.2) is 0 Å². The highest BCUT2D eigenvalue weighted by Crippen LogP contribution is 2.39. The van der Waals surface area contributed by atoms with E-state index in [1.807, 2.05) is 18.2 Å². The summed E-state index contributed by atoms with van der Waals surface area (Å²) in [5, 5.41) is 0. The van der Waals surface area contributed by atoms with Crippen molar-refractivity contribution < 1.29 is 18.3 Å². The van der Waals surface area contributed by atoms with Crippen molar-refractivity contribution >= 4 is 39.2 Å². The van der Waals surface area contributed by atoms with Gasteiger partial charge in [0.1, 0.15) is 5.75 Å². The lowest BCUT2D eigenvalue weighted by molar-refractivity contribution is -0.112. The number of hydrogen-bond donors (Lipinski definition) is 0. The van der Waals surface area contributed by atoms with Gasteiger partial charge in [0, 0.05) is 28.2 Å². The first-order valence-electron chi connectivity index (χ1n) is 6.81. The fourth-order valence-electron chi connectivity index (χ4n) is 2.52. The Morgan fingerprint density at radius 3 is 2.70 bits per heavy atom. The van der Waals surface area contributed by atoms with Gasteiger partial charge in [-0.25, -0.2) is 0 Å². The molecule has 0 saturated heterocycles. The van der Waals surface area contributed by atoms with E-state index in [2.05, 4.69) is 20.7 Å². The van der Waals surface area contributed by atoms with Crippen molar-refractivity contribution in [3.05, 3.63) is 58.1 Å². The molecule has 0 unspecified atom stereocenters. The molecule has 0 atom stereocenters. The van der Waals surface area contributed by atoms with E-state index in [1.165, 1.54) is 11.0 Å². The minimum absolute atomic E-state index is 0.0360. The van der Waals surface area contributed by atoms with Gasteiger partial charge in [0.05, 0.1) is 5.69 Å². The third kappa shape index (κ3) is 2.99. The van der Waals surface area contributed by atoms with Crippen LogP contribution in [-0.4, -0.2) is 19.6 Å². The zero-order chi connectivity index (χ0) is 16.6. The lowest BCUT2D eigenvalue weighted by Gasteiger charge is -2.09. The first-order valence-corrected chi connectivity index (χ1v) is 7.60. The fraction of sp³-hybridized carbons (Fsp3) is 0.118. The van der Waals surface area contributed by atoms with Crippen LogP contribution in [0.15, 0.2) is 46.9 Å². The second-order valence-corrected chi connectivity index (χ2v) is 5.92. The van der Waals surface area contributed by atoms with Crippen LogP contribution in [0.25, 0.3) is 11.6 Å². The minimum Gasteiger partial charge on any atom is -0.434 e. The molecule has 0 bridgehead atoms. The third-order valence-electron chi connectivity index (χ3n) is 3.58. The molecular weight excluding hydrogens is 368 g/mol. The molecule has 0 radical (unpaired) electrons. The number of benzene rings is 2. The number of hydrogen-bond acceptors (Lipinski definition) is 2. The zero-order valence-electron chi connectivity index (χ0n) is 12.1. The second-order valence-electron chi connectivity index (χ2n) is 5.00. The molecule has 0 spiro atoms. The summed E-state index contributed by atoms with van der Waals surface area (Å²) >= 11 is 3.38. The smallest absolute Gasteiger partial charge is 0.387 e. The number of nitrogens with zero attached hydrogens (tertiary/aromatic N) is 1. The molecule has 23 heavy (non-hydrogen) atoms. The molecule has 1 heterocycles. The average Bonchev–Trinajstić information content (AvgIpc) is 2.73. The number of ether oxygens (including phenoxy) is 1. The van der Waals surface area contributed by atoms with Crippen molar-refractivity contribution in [2.75, 3.05) is 11.9 Å². The van der Waals surface area contributed by atoms with Crippen LogP contribution < -0.4 is 9.64 Å². The van der Waals surface area contributed by atoms with Crippen molar-refractivity contribution in [1.82, 2.24) is 0 Å². The summed E-state index contributed by atoms with van der Waals surface area (Å²) in [6.07, 6.45) is 1.58. The molecule has 0 fully saturated rings. The number of amides is 1. The summed E-state index contributed by atoms with van der Waals surface area (Å²) in [6, 6.07) is 11.9. The lowest BCUT2D eigenvalue weighted by atomic mass is 10.0. The highest BCUT2D eigenvalue weighted by atomic mass is 79.9. The first-order chi connectivity index (χ1) is 11.0. The number of carbonyl (C=O) groups is 1. The molecule has 2 aromatic rings. The van der Waals surface area contributed by atoms with Crippen LogP contribution in [-0.2, 0) is 4.79 Å². The van der Waals surface area contributed by atoms with Gasteiger partial charge in [0.2, 0.25) is 0 Å². The van der Waals surface area contributed by atoms with Crippen molar-refractivity contribution in [2.24, 2.45) is 0 Å². The van der Waals surface area contributed by atoms with Crippen LogP contribution in [0, 0.1) is 0 Å². The van der Waals surface area contributed by atoms with Crippen molar-refractivity contribution in [3.8, 4) is 5.75 Å². The number of fused-ring (bicyclic) bond motifs is 1. The summed E-state index contributed by atoms with van der Waals surface area (Å²) in [5.41, 5.74) is 2.39. The quantitative estimate of drug-likeness (QED) is 0.731. The molecule has 3 nitrogen and oxygen atoms in total. The molecular formula is C17H12BrF2NO2. The molecule has 0 saturated carbocycles. The molecule has 6 heteroatoms. The Kier molecular flexibility index (Phi) is 4.17. The van der Waals surface area contributed by atoms with Crippen LogP contribution in [0.2, 0.25) is 0 Å². The van der Waals surface area contributed by atoms with Gasteiger partial charge >= 0.3 is 6.61 Å². The van der Waals surface area contributed by atoms with Crippen LogP contribution in [0.3, 0.4) is 0 Å². The third-order valence-corrected chi connectivity index (χ3v) is 4.07. The van der Waals surface area contributed by atoms with Crippen LogP contribution in [0.5, 0.6) is 5.75 Å². The largest absolute Gasteiger partial charge is 0.434 e. The molecule has 0 aromatic heterocycles. The summed E-state index contributed by atoms with van der Waals surface area (Å²) in [5.74, 6) is -0.154. The van der Waals surface area contributed by atoms with E-state index in [4.69, 9.17) is 0 Å². The molecule has 0 N–H and O–H groups in total. The van der Waals surface area contributed by atoms with Crippen molar-refractivity contribution in [1.29, 1.82) is 0 Å². The van der Waals surface area contributed by atoms with E-state index in [1.54, 1.807) is 31.3 Å². The number of anilines is 1. The van der Waals surface area contributed by atoms with Gasteiger partial charge in [-0.3, -0.25) is 4.79 Å². The van der Waals surface area contributed by atoms with Crippen LogP contribution in [0.4, 0.5) is 14.5 Å². The first kappa shape index (κ1) is 15.7. The number of para-hydroxylation sites is 1. The van der Waals surface area contributed by atoms with Crippen LogP contribution in [0.1, 0.15) is 11.1 Å². The monoisotopic (exact) mass is 379 g/mol. The van der Waals surface area contributed by atoms with Gasteiger partial charge in [0.25, 0.3) is 5.91 Å². The number of halogens is 3. The van der Waals surface area contributed by atoms with E-state index in [0.717, 1.165) is 15.7 Å². The SMILES string of the molecule is CN1C(=O)C(=Cc2ccccc2OC(F)F)c2cc(Br)ccc21. The molecule has 1 aliphatic rings. The summed E-state index contributed by atoms with van der Waals surface area (Å²) < 4.78 is 30.4. The Hall–Kier alpha value is -2.21. The highest BCUT2D eigenvalue weighted by Gasteiger charge is 2.30. The van der Waals surface area contributed by atoms with Gasteiger partial charge in [-0.2, -0.15) is 8.78 Å². The van der Waals surface area contributed by atoms with Crippen molar-refractivity contribution in [3.63, 3.8) is 0 Å². The Bertz CT molecular complexity index is 805. The molecule has 0 aliphatic carbocycles. The maximum atomic E-state index is 12.5. The summed E-state index contributed by atoms with van der Waals surface area (Å²) in [7, 11) is 1.68. The Morgan fingerprint density at radius 2 is 1.96 bits per heavy atom. The predicted molar refractivity (Wildman–Crippen MR) is 88.5 cm³/mol. The highest BCUT2D eigenvalue weighted by molar-refractivity contribution is 9.10. The lowest BCUT2D eigenvalue weighted by Crippen LogP contribution is -2.20. The van der Waals surface area contributed by atoms with Crippen LogP contribution >= 0.6 is 15.9 Å².